The average molecular weight is 318 g/mol. The Kier molecular flexibility index (Phi) is 4.62. The van der Waals surface area contributed by atoms with E-state index >= 15 is 0 Å². The van der Waals surface area contributed by atoms with Crippen molar-refractivity contribution in [1.82, 2.24) is 0 Å². The lowest BCUT2D eigenvalue weighted by molar-refractivity contribution is -0.131. The highest BCUT2D eigenvalue weighted by molar-refractivity contribution is 7.96. The molecule has 22 heavy (non-hydrogen) atoms. The van der Waals surface area contributed by atoms with E-state index < -0.39 is 20.7 Å². The molecule has 0 heterocycles. The van der Waals surface area contributed by atoms with Crippen molar-refractivity contribution >= 4 is 21.9 Å². The summed E-state index contributed by atoms with van der Waals surface area (Å²) in [4.78, 5) is 10.6. The van der Waals surface area contributed by atoms with E-state index in [0.717, 1.165) is 6.08 Å². The van der Waals surface area contributed by atoms with Crippen LogP contribution in [0, 0.1) is 0 Å². The highest BCUT2D eigenvalue weighted by Crippen LogP contribution is 2.24. The molecule has 0 amide bonds. The van der Waals surface area contributed by atoms with Gasteiger partial charge in [0.25, 0.3) is 0 Å². The summed E-state index contributed by atoms with van der Waals surface area (Å²) in [5.41, 5.74) is 0.497. The van der Waals surface area contributed by atoms with E-state index in [-0.39, 0.29) is 4.90 Å². The van der Waals surface area contributed by atoms with E-state index in [2.05, 4.69) is 0 Å². The van der Waals surface area contributed by atoms with Gasteiger partial charge in [-0.05, 0) is 35.9 Å². The van der Waals surface area contributed by atoms with Crippen LogP contribution in [0.2, 0.25) is 0 Å². The zero-order chi connectivity index (χ0) is 16.2. The van der Waals surface area contributed by atoms with Crippen LogP contribution in [0.5, 0.6) is 5.75 Å². The molecule has 0 fully saturated rings. The van der Waals surface area contributed by atoms with Crippen LogP contribution in [-0.4, -0.2) is 26.6 Å². The molecule has 0 unspecified atom stereocenters. The van der Waals surface area contributed by atoms with Crippen molar-refractivity contribution in [3.63, 3.8) is 0 Å². The summed E-state index contributed by atoms with van der Waals surface area (Å²) in [7, 11) is -2.66. The van der Waals surface area contributed by atoms with Gasteiger partial charge < -0.3 is 9.84 Å². The molecule has 0 aromatic heterocycles. The van der Waals surface area contributed by atoms with E-state index in [1.54, 1.807) is 30.3 Å². The molecule has 0 aliphatic carbocycles. The Morgan fingerprint density at radius 3 is 2.14 bits per heavy atom. The third kappa shape index (κ3) is 3.35. The zero-order valence-electron chi connectivity index (χ0n) is 11.8. The van der Waals surface area contributed by atoms with Crippen molar-refractivity contribution in [2.45, 2.75) is 4.90 Å². The predicted molar refractivity (Wildman–Crippen MR) is 82.2 cm³/mol. The van der Waals surface area contributed by atoms with Crippen LogP contribution < -0.4 is 4.74 Å². The molecular formula is C16H14O5S. The molecule has 114 valence electrons. The average Bonchev–Trinajstić information content (AvgIpc) is 2.53. The summed E-state index contributed by atoms with van der Waals surface area (Å²) in [6.07, 6.45) is 1.14. The smallest absolute Gasteiger partial charge is 0.347 e. The monoisotopic (exact) mass is 318 g/mol. The van der Waals surface area contributed by atoms with E-state index in [9.17, 15) is 18.3 Å². The standard InChI is InChI=1S/C16H14O5S/c1-21-13-7-9-14(10-8-13)22(19,20)15(16(17)18)11-12-5-3-2-4-6-12/h2-11H,1H3,(H,17,18)/b15-11-. The summed E-state index contributed by atoms with van der Waals surface area (Å²) in [5.74, 6) is -1.01. The molecule has 2 aromatic rings. The van der Waals surface area contributed by atoms with Crippen LogP contribution in [0.15, 0.2) is 64.4 Å². The quantitative estimate of drug-likeness (QED) is 0.857. The van der Waals surface area contributed by atoms with Gasteiger partial charge in [-0.3, -0.25) is 0 Å². The molecule has 6 heteroatoms. The van der Waals surface area contributed by atoms with Crippen molar-refractivity contribution in [3.8, 4) is 5.75 Å². The summed E-state index contributed by atoms with van der Waals surface area (Å²) in [6.45, 7) is 0. The third-order valence-corrected chi connectivity index (χ3v) is 4.73. The van der Waals surface area contributed by atoms with E-state index in [1.165, 1.54) is 31.4 Å². The number of benzene rings is 2. The van der Waals surface area contributed by atoms with Crippen LogP contribution >= 0.6 is 0 Å². The number of carboxylic acid groups (broad SMARTS) is 1. The first-order valence-corrected chi connectivity index (χ1v) is 7.82. The molecule has 5 nitrogen and oxygen atoms in total. The normalized spacial score (nSPS) is 12.0. The van der Waals surface area contributed by atoms with Crippen molar-refractivity contribution in [1.29, 1.82) is 0 Å². The predicted octanol–water partition coefficient (Wildman–Crippen LogP) is 2.59. The van der Waals surface area contributed by atoms with Crippen LogP contribution in [0.4, 0.5) is 0 Å². The van der Waals surface area contributed by atoms with Crippen LogP contribution in [0.3, 0.4) is 0 Å². The largest absolute Gasteiger partial charge is 0.497 e. The van der Waals surface area contributed by atoms with Gasteiger partial charge >= 0.3 is 5.97 Å². The molecule has 0 aliphatic rings. The highest BCUT2D eigenvalue weighted by atomic mass is 32.2. The lowest BCUT2D eigenvalue weighted by Crippen LogP contribution is -2.13. The fourth-order valence-corrected chi connectivity index (χ4v) is 3.11. The Bertz CT molecular complexity index is 790. The van der Waals surface area contributed by atoms with Gasteiger partial charge in [-0.25, -0.2) is 13.2 Å². The number of hydrogen-bond donors (Lipinski definition) is 1. The Labute approximate surface area is 128 Å². The Hall–Kier alpha value is -2.60. The molecule has 2 rings (SSSR count). The van der Waals surface area contributed by atoms with Gasteiger partial charge in [0.2, 0.25) is 9.84 Å². The molecule has 1 N–H and O–H groups in total. The minimum absolute atomic E-state index is 0.0992. The van der Waals surface area contributed by atoms with Crippen molar-refractivity contribution in [3.05, 3.63) is 65.1 Å². The minimum Gasteiger partial charge on any atom is -0.497 e. The van der Waals surface area contributed by atoms with Crippen LogP contribution in [-0.2, 0) is 14.6 Å². The van der Waals surface area contributed by atoms with Gasteiger partial charge in [-0.2, -0.15) is 0 Å². The fourth-order valence-electron chi connectivity index (χ4n) is 1.84. The second kappa shape index (κ2) is 6.44. The summed E-state index contributed by atoms with van der Waals surface area (Å²) in [6, 6.07) is 14.0. The number of rotatable bonds is 5. The number of methoxy groups -OCH3 is 1. The molecule has 0 aliphatic heterocycles. The van der Waals surface area contributed by atoms with Gasteiger partial charge in [-0.15, -0.1) is 0 Å². The molecule has 0 bridgehead atoms. The summed E-state index contributed by atoms with van der Waals surface area (Å²) < 4.78 is 29.9. The van der Waals surface area contributed by atoms with Crippen molar-refractivity contribution < 1.29 is 23.1 Å². The topological polar surface area (TPSA) is 80.7 Å². The van der Waals surface area contributed by atoms with Gasteiger partial charge in [-0.1, -0.05) is 30.3 Å². The maximum absolute atomic E-state index is 12.5. The number of aliphatic carboxylic acids is 1. The van der Waals surface area contributed by atoms with Crippen molar-refractivity contribution in [2.75, 3.05) is 7.11 Å². The Morgan fingerprint density at radius 2 is 1.64 bits per heavy atom. The van der Waals surface area contributed by atoms with Crippen LogP contribution in [0.1, 0.15) is 5.56 Å². The number of hydrogen-bond acceptors (Lipinski definition) is 4. The zero-order valence-corrected chi connectivity index (χ0v) is 12.6. The first-order chi connectivity index (χ1) is 10.4. The lowest BCUT2D eigenvalue weighted by atomic mass is 10.2. The van der Waals surface area contributed by atoms with E-state index in [0.29, 0.717) is 11.3 Å². The van der Waals surface area contributed by atoms with Gasteiger partial charge in [0, 0.05) is 0 Å². The molecule has 2 aromatic carbocycles. The number of ether oxygens (including phenoxy) is 1. The van der Waals surface area contributed by atoms with Gasteiger partial charge in [0.15, 0.2) is 4.91 Å². The van der Waals surface area contributed by atoms with Gasteiger partial charge in [0.05, 0.1) is 12.0 Å². The maximum atomic E-state index is 12.5. The molecule has 0 spiro atoms. The minimum atomic E-state index is -4.12. The second-order valence-electron chi connectivity index (χ2n) is 4.40. The van der Waals surface area contributed by atoms with Gasteiger partial charge in [0.1, 0.15) is 5.75 Å². The second-order valence-corrected chi connectivity index (χ2v) is 6.32. The molecule has 0 saturated carbocycles. The van der Waals surface area contributed by atoms with E-state index in [1.807, 2.05) is 0 Å². The lowest BCUT2D eigenvalue weighted by Gasteiger charge is -2.07. The number of carboxylic acids is 1. The first kappa shape index (κ1) is 15.8. The third-order valence-electron chi connectivity index (χ3n) is 2.97. The van der Waals surface area contributed by atoms with E-state index in [4.69, 9.17) is 4.74 Å². The fraction of sp³-hybridized carbons (Fsp3) is 0.0625. The SMILES string of the molecule is COc1ccc(S(=O)(=O)/C(=C\c2ccccc2)C(=O)O)cc1. The highest BCUT2D eigenvalue weighted by Gasteiger charge is 2.26. The van der Waals surface area contributed by atoms with Crippen molar-refractivity contribution in [2.24, 2.45) is 0 Å². The molecule has 0 atom stereocenters. The Morgan fingerprint density at radius 1 is 1.05 bits per heavy atom. The van der Waals surface area contributed by atoms with Crippen LogP contribution in [0.25, 0.3) is 6.08 Å². The Balaban J connectivity index is 2.51. The molecular weight excluding hydrogens is 304 g/mol. The number of sulfone groups is 1. The maximum Gasteiger partial charge on any atom is 0.347 e. The first-order valence-electron chi connectivity index (χ1n) is 6.34. The molecule has 0 saturated heterocycles. The molecule has 0 radical (unpaired) electrons. The number of carbonyl (C=O) groups is 1. The summed E-state index contributed by atoms with van der Waals surface area (Å²) in [5, 5.41) is 9.26. The summed E-state index contributed by atoms with van der Waals surface area (Å²) >= 11 is 0.